The Morgan fingerprint density at radius 3 is 2.27 bits per heavy atom. The van der Waals surface area contributed by atoms with Crippen LogP contribution < -0.4 is 15.2 Å². The molecule has 2 aromatic carbocycles. The molecule has 0 unspecified atom stereocenters. The van der Waals surface area contributed by atoms with Crippen molar-refractivity contribution in [2.45, 2.75) is 46.1 Å². The number of rotatable bonds is 8. The average molecular weight is 546 g/mol. The Labute approximate surface area is 233 Å². The minimum Gasteiger partial charge on any atom is -0.371 e. The summed E-state index contributed by atoms with van der Waals surface area (Å²) >= 11 is 0. The summed E-state index contributed by atoms with van der Waals surface area (Å²) < 4.78 is 0. The van der Waals surface area contributed by atoms with E-state index in [1.807, 2.05) is 36.4 Å². The van der Waals surface area contributed by atoms with Crippen LogP contribution >= 0.6 is 0 Å². The largest absolute Gasteiger partial charge is 0.371 e. The smallest absolute Gasteiger partial charge is 0.293 e. The van der Waals surface area contributed by atoms with Crippen LogP contribution in [-0.4, -0.2) is 63.4 Å². The van der Waals surface area contributed by atoms with Crippen molar-refractivity contribution in [2.75, 3.05) is 36.0 Å². The number of hydrogen-bond acceptors (Lipinski definition) is 9. The number of carbonyl (C=O) groups is 1. The summed E-state index contributed by atoms with van der Waals surface area (Å²) in [7, 11) is 0. The van der Waals surface area contributed by atoms with Gasteiger partial charge in [0.15, 0.2) is 0 Å². The molecule has 1 aromatic heterocycles. The van der Waals surface area contributed by atoms with Crippen molar-refractivity contribution in [2.24, 2.45) is 16.9 Å². The molecule has 1 N–H and O–H groups in total. The summed E-state index contributed by atoms with van der Waals surface area (Å²) in [4.78, 5) is 30.0. The number of aromatic nitrogens is 4. The standard InChI is InChI=1S/C28H35N9O3/c1-20-8-12-34(13-9-20)24-17-25(35-14-10-21(2)11-15-35)26(37(39)40)16-23(24)18-29-30-27(38)19-36-32-28(31-33-36)22-6-4-3-5-7-22/h3-7,16-18,20-21H,8-15,19H2,1-2H3,(H,30,38)/b29-18-. The number of anilines is 2. The number of benzene rings is 2. The lowest BCUT2D eigenvalue weighted by atomic mass is 9.96. The van der Waals surface area contributed by atoms with E-state index < -0.39 is 5.91 Å². The summed E-state index contributed by atoms with van der Waals surface area (Å²) in [5, 5.41) is 28.5. The molecule has 5 rings (SSSR count). The van der Waals surface area contributed by atoms with Crippen molar-refractivity contribution in [3.05, 3.63) is 58.1 Å². The highest BCUT2D eigenvalue weighted by Gasteiger charge is 2.28. The van der Waals surface area contributed by atoms with E-state index in [1.54, 1.807) is 6.07 Å². The van der Waals surface area contributed by atoms with Crippen molar-refractivity contribution in [3.8, 4) is 11.4 Å². The topological polar surface area (TPSA) is 135 Å². The lowest BCUT2D eigenvalue weighted by molar-refractivity contribution is -0.384. The van der Waals surface area contributed by atoms with E-state index in [-0.39, 0.29) is 17.2 Å². The van der Waals surface area contributed by atoms with Gasteiger partial charge in [-0.2, -0.15) is 9.90 Å². The van der Waals surface area contributed by atoms with Gasteiger partial charge < -0.3 is 9.80 Å². The second-order valence-electron chi connectivity index (χ2n) is 10.8. The first-order valence-electron chi connectivity index (χ1n) is 13.8. The number of amides is 1. The number of hydrogen-bond donors (Lipinski definition) is 1. The summed E-state index contributed by atoms with van der Waals surface area (Å²) in [6.45, 7) is 7.63. The molecule has 12 nitrogen and oxygen atoms in total. The Balaban J connectivity index is 1.35. The van der Waals surface area contributed by atoms with Gasteiger partial charge in [-0.05, 0) is 48.8 Å². The molecule has 2 fully saturated rings. The fraction of sp³-hybridized carbons (Fsp3) is 0.464. The fourth-order valence-corrected chi connectivity index (χ4v) is 5.21. The minimum absolute atomic E-state index is 0.0525. The molecule has 0 spiro atoms. The predicted octanol–water partition coefficient (Wildman–Crippen LogP) is 3.87. The molecule has 2 aliphatic heterocycles. The first-order valence-corrected chi connectivity index (χ1v) is 13.8. The molecule has 210 valence electrons. The zero-order valence-corrected chi connectivity index (χ0v) is 22.9. The number of carbonyl (C=O) groups excluding carboxylic acids is 1. The van der Waals surface area contributed by atoms with Gasteiger partial charge in [-0.3, -0.25) is 14.9 Å². The summed E-state index contributed by atoms with van der Waals surface area (Å²) in [5.74, 6) is 1.25. The van der Waals surface area contributed by atoms with Crippen LogP contribution in [0.1, 0.15) is 45.1 Å². The molecule has 40 heavy (non-hydrogen) atoms. The van der Waals surface area contributed by atoms with Gasteiger partial charge in [0.25, 0.3) is 11.6 Å². The predicted molar refractivity (Wildman–Crippen MR) is 153 cm³/mol. The van der Waals surface area contributed by atoms with Gasteiger partial charge in [0.1, 0.15) is 12.2 Å². The van der Waals surface area contributed by atoms with E-state index in [1.165, 1.54) is 11.0 Å². The normalized spacial score (nSPS) is 16.9. The zero-order valence-electron chi connectivity index (χ0n) is 22.9. The van der Waals surface area contributed by atoms with E-state index in [0.717, 1.165) is 63.1 Å². The average Bonchev–Trinajstić information content (AvgIpc) is 3.42. The Morgan fingerprint density at radius 2 is 1.65 bits per heavy atom. The molecule has 0 radical (unpaired) electrons. The van der Waals surface area contributed by atoms with Crippen LogP contribution in [0.2, 0.25) is 0 Å². The number of nitrogens with one attached hydrogen (secondary N) is 1. The molecule has 0 atom stereocenters. The molecule has 0 bridgehead atoms. The first-order chi connectivity index (χ1) is 19.4. The number of nitro benzene ring substituents is 1. The highest BCUT2D eigenvalue weighted by atomic mass is 16.6. The van der Waals surface area contributed by atoms with E-state index in [0.29, 0.717) is 28.9 Å². The molecule has 3 aromatic rings. The Hall–Kier alpha value is -4.35. The maximum absolute atomic E-state index is 12.6. The maximum atomic E-state index is 12.6. The Bertz CT molecular complexity index is 1360. The van der Waals surface area contributed by atoms with Crippen LogP contribution in [0, 0.1) is 22.0 Å². The third kappa shape index (κ3) is 6.44. The van der Waals surface area contributed by atoms with E-state index in [4.69, 9.17) is 0 Å². The van der Waals surface area contributed by atoms with Crippen molar-refractivity contribution >= 4 is 29.2 Å². The third-order valence-electron chi connectivity index (χ3n) is 7.73. The highest BCUT2D eigenvalue weighted by molar-refractivity contribution is 5.93. The lowest BCUT2D eigenvalue weighted by Crippen LogP contribution is -2.35. The van der Waals surface area contributed by atoms with Crippen molar-refractivity contribution in [1.29, 1.82) is 0 Å². The second kappa shape index (κ2) is 12.2. The van der Waals surface area contributed by atoms with Crippen molar-refractivity contribution in [3.63, 3.8) is 0 Å². The van der Waals surface area contributed by atoms with Crippen LogP contribution in [0.5, 0.6) is 0 Å². The van der Waals surface area contributed by atoms with Gasteiger partial charge in [0.2, 0.25) is 5.82 Å². The van der Waals surface area contributed by atoms with Gasteiger partial charge in [-0.1, -0.05) is 44.2 Å². The van der Waals surface area contributed by atoms with Crippen LogP contribution in [0.4, 0.5) is 17.1 Å². The van der Waals surface area contributed by atoms with Gasteiger partial charge in [-0.15, -0.1) is 10.2 Å². The Kier molecular flexibility index (Phi) is 8.32. The minimum atomic E-state index is -0.435. The van der Waals surface area contributed by atoms with Gasteiger partial charge in [0.05, 0.1) is 11.1 Å². The fourth-order valence-electron chi connectivity index (χ4n) is 5.21. The van der Waals surface area contributed by atoms with Gasteiger partial charge >= 0.3 is 0 Å². The SMILES string of the molecule is CC1CCN(c2cc(N3CCC(C)CC3)c([N+](=O)[O-])cc2/C=N\NC(=O)Cn2nnc(-c3ccccc3)n2)CC1. The van der Waals surface area contributed by atoms with Crippen LogP contribution in [0.3, 0.4) is 0 Å². The molecule has 0 saturated carbocycles. The molecule has 1 amide bonds. The van der Waals surface area contributed by atoms with Crippen LogP contribution in [0.25, 0.3) is 11.4 Å². The van der Waals surface area contributed by atoms with Crippen LogP contribution in [-0.2, 0) is 11.3 Å². The molecular formula is C28H35N9O3. The number of hydrazone groups is 1. The van der Waals surface area contributed by atoms with Crippen molar-refractivity contribution < 1.29 is 9.72 Å². The third-order valence-corrected chi connectivity index (χ3v) is 7.73. The highest BCUT2D eigenvalue weighted by Crippen LogP contribution is 2.38. The Morgan fingerprint density at radius 1 is 1.02 bits per heavy atom. The molecule has 0 aliphatic carbocycles. The zero-order chi connectivity index (χ0) is 28.1. The quantitative estimate of drug-likeness (QED) is 0.256. The van der Waals surface area contributed by atoms with Gasteiger partial charge in [0, 0.05) is 49.1 Å². The first kappa shape index (κ1) is 27.2. The summed E-state index contributed by atoms with van der Waals surface area (Å²) in [6.07, 6.45) is 5.62. The second-order valence-corrected chi connectivity index (χ2v) is 10.8. The summed E-state index contributed by atoms with van der Waals surface area (Å²) in [6, 6.07) is 12.9. The lowest BCUT2D eigenvalue weighted by Gasteiger charge is -2.35. The molecule has 2 aliphatic rings. The molecule has 3 heterocycles. The van der Waals surface area contributed by atoms with E-state index in [9.17, 15) is 14.9 Å². The number of nitrogens with zero attached hydrogens (tertiary/aromatic N) is 8. The summed E-state index contributed by atoms with van der Waals surface area (Å²) in [5.41, 5.74) is 5.50. The van der Waals surface area contributed by atoms with Crippen molar-refractivity contribution in [1.82, 2.24) is 25.6 Å². The maximum Gasteiger partial charge on any atom is 0.293 e. The molecular weight excluding hydrogens is 510 g/mol. The molecule has 2 saturated heterocycles. The van der Waals surface area contributed by atoms with E-state index in [2.05, 4.69) is 49.6 Å². The number of nitro groups is 1. The van der Waals surface area contributed by atoms with Gasteiger partial charge in [-0.25, -0.2) is 5.43 Å². The van der Waals surface area contributed by atoms with Crippen LogP contribution in [0.15, 0.2) is 47.6 Å². The number of piperidine rings is 2. The molecule has 12 heteroatoms. The number of tetrazole rings is 1. The van der Waals surface area contributed by atoms with E-state index >= 15 is 0 Å². The monoisotopic (exact) mass is 545 g/mol.